The third kappa shape index (κ3) is 2.98. The first kappa shape index (κ1) is 12.0. The molecular weight excluding hydrogens is 172 g/mol. The van der Waals surface area contributed by atoms with E-state index in [0.717, 1.165) is 11.8 Å². The highest BCUT2D eigenvalue weighted by molar-refractivity contribution is 4.88. The van der Waals surface area contributed by atoms with Crippen molar-refractivity contribution in [2.45, 2.75) is 65.4 Å². The van der Waals surface area contributed by atoms with Crippen molar-refractivity contribution >= 4 is 0 Å². The molecule has 0 spiro atoms. The van der Waals surface area contributed by atoms with Gasteiger partial charge in [0.05, 0.1) is 5.60 Å². The Morgan fingerprint density at radius 2 is 1.93 bits per heavy atom. The summed E-state index contributed by atoms with van der Waals surface area (Å²) in [6.07, 6.45) is 6.48. The fourth-order valence-electron chi connectivity index (χ4n) is 2.78. The summed E-state index contributed by atoms with van der Waals surface area (Å²) in [4.78, 5) is 0. The van der Waals surface area contributed by atoms with Gasteiger partial charge in [0.1, 0.15) is 0 Å². The van der Waals surface area contributed by atoms with E-state index >= 15 is 0 Å². The molecule has 1 rings (SSSR count). The molecule has 14 heavy (non-hydrogen) atoms. The minimum atomic E-state index is -0.463. The van der Waals surface area contributed by atoms with Crippen LogP contribution in [0.25, 0.3) is 0 Å². The van der Waals surface area contributed by atoms with Gasteiger partial charge in [0.25, 0.3) is 0 Å². The molecule has 1 fully saturated rings. The normalized spacial score (nSPS) is 33.6. The summed E-state index contributed by atoms with van der Waals surface area (Å²) >= 11 is 0. The molecule has 0 radical (unpaired) electrons. The van der Waals surface area contributed by atoms with E-state index in [-0.39, 0.29) is 0 Å². The van der Waals surface area contributed by atoms with Crippen molar-refractivity contribution in [1.82, 2.24) is 0 Å². The Bertz CT molecular complexity index is 169. The van der Waals surface area contributed by atoms with Crippen LogP contribution >= 0.6 is 0 Å². The lowest BCUT2D eigenvalue weighted by atomic mass is 9.88. The molecule has 1 N–H and O–H groups in total. The van der Waals surface area contributed by atoms with Crippen molar-refractivity contribution in [2.24, 2.45) is 17.8 Å². The summed E-state index contributed by atoms with van der Waals surface area (Å²) in [5.74, 6) is 2.21. The summed E-state index contributed by atoms with van der Waals surface area (Å²) in [6.45, 7) is 8.54. The largest absolute Gasteiger partial charge is 0.390 e. The zero-order valence-electron chi connectivity index (χ0n) is 10.2. The number of hydrogen-bond acceptors (Lipinski definition) is 1. The van der Waals surface area contributed by atoms with Crippen LogP contribution in [0.1, 0.15) is 59.8 Å². The van der Waals surface area contributed by atoms with Crippen molar-refractivity contribution in [1.29, 1.82) is 0 Å². The molecule has 0 bridgehead atoms. The second-order valence-corrected chi connectivity index (χ2v) is 5.70. The van der Waals surface area contributed by atoms with Gasteiger partial charge in [0, 0.05) is 0 Å². The molecule has 0 aromatic carbocycles. The van der Waals surface area contributed by atoms with E-state index < -0.39 is 5.60 Å². The second kappa shape index (κ2) is 4.65. The third-order valence-corrected chi connectivity index (χ3v) is 3.98. The van der Waals surface area contributed by atoms with Gasteiger partial charge in [-0.05, 0) is 44.4 Å². The Morgan fingerprint density at radius 1 is 1.29 bits per heavy atom. The van der Waals surface area contributed by atoms with Crippen LogP contribution in [0.2, 0.25) is 0 Å². The predicted octanol–water partition coefficient (Wildman–Crippen LogP) is 3.61. The highest BCUT2D eigenvalue weighted by Gasteiger charge is 2.38. The molecule has 0 heterocycles. The van der Waals surface area contributed by atoms with Crippen LogP contribution < -0.4 is 0 Å². The monoisotopic (exact) mass is 198 g/mol. The molecule has 84 valence electrons. The van der Waals surface area contributed by atoms with Crippen LogP contribution in [0.5, 0.6) is 0 Å². The minimum absolute atomic E-state index is 0.463. The molecule has 1 aliphatic carbocycles. The van der Waals surface area contributed by atoms with Gasteiger partial charge in [0.2, 0.25) is 0 Å². The molecule has 1 saturated carbocycles. The van der Waals surface area contributed by atoms with Crippen molar-refractivity contribution in [3.8, 4) is 0 Å². The summed E-state index contributed by atoms with van der Waals surface area (Å²) in [7, 11) is 0. The average molecular weight is 198 g/mol. The van der Waals surface area contributed by atoms with Gasteiger partial charge in [-0.1, -0.05) is 33.1 Å². The van der Waals surface area contributed by atoms with Gasteiger partial charge >= 0.3 is 0 Å². The maximum Gasteiger partial charge on any atom is 0.0620 e. The van der Waals surface area contributed by atoms with Crippen LogP contribution in [0.3, 0.4) is 0 Å². The second-order valence-electron chi connectivity index (χ2n) is 5.70. The van der Waals surface area contributed by atoms with Crippen LogP contribution in [-0.2, 0) is 0 Å². The lowest BCUT2D eigenvalue weighted by Crippen LogP contribution is -2.28. The van der Waals surface area contributed by atoms with Gasteiger partial charge < -0.3 is 5.11 Å². The molecule has 3 unspecified atom stereocenters. The Morgan fingerprint density at radius 3 is 2.36 bits per heavy atom. The highest BCUT2D eigenvalue weighted by atomic mass is 16.3. The number of unbranched alkanes of at least 4 members (excludes halogenated alkanes) is 1. The number of rotatable bonds is 4. The van der Waals surface area contributed by atoms with Crippen LogP contribution in [0, 0.1) is 17.8 Å². The van der Waals surface area contributed by atoms with E-state index in [0.29, 0.717) is 5.92 Å². The molecule has 0 aromatic heterocycles. The van der Waals surface area contributed by atoms with Crippen LogP contribution in [-0.4, -0.2) is 10.7 Å². The zero-order valence-corrected chi connectivity index (χ0v) is 10.2. The Balaban J connectivity index is 2.43. The molecule has 1 aliphatic rings. The molecule has 1 nitrogen and oxygen atoms in total. The van der Waals surface area contributed by atoms with Gasteiger partial charge in [-0.3, -0.25) is 0 Å². The topological polar surface area (TPSA) is 20.2 Å². The molecule has 0 aromatic rings. The lowest BCUT2D eigenvalue weighted by Gasteiger charge is -2.25. The predicted molar refractivity (Wildman–Crippen MR) is 61.2 cm³/mol. The quantitative estimate of drug-likeness (QED) is 0.731. The minimum Gasteiger partial charge on any atom is -0.390 e. The molecule has 0 saturated heterocycles. The Hall–Kier alpha value is -0.0400. The maximum atomic E-state index is 9.98. The number of aliphatic hydroxyl groups is 1. The van der Waals surface area contributed by atoms with Crippen LogP contribution in [0.4, 0.5) is 0 Å². The molecule has 1 heteroatoms. The summed E-state index contributed by atoms with van der Waals surface area (Å²) < 4.78 is 0. The van der Waals surface area contributed by atoms with Crippen molar-refractivity contribution < 1.29 is 5.11 Å². The van der Waals surface area contributed by atoms with Gasteiger partial charge in [0.15, 0.2) is 0 Å². The van der Waals surface area contributed by atoms with E-state index in [4.69, 9.17) is 0 Å². The summed E-state index contributed by atoms with van der Waals surface area (Å²) in [5, 5.41) is 9.98. The Labute approximate surface area is 88.9 Å². The van der Waals surface area contributed by atoms with E-state index in [2.05, 4.69) is 13.8 Å². The van der Waals surface area contributed by atoms with E-state index in [1.165, 1.54) is 32.1 Å². The zero-order chi connectivity index (χ0) is 10.8. The molecule has 0 amide bonds. The molecule has 3 atom stereocenters. The van der Waals surface area contributed by atoms with E-state index in [1.807, 2.05) is 13.8 Å². The first-order valence-corrected chi connectivity index (χ1v) is 6.17. The van der Waals surface area contributed by atoms with Gasteiger partial charge in [-0.15, -0.1) is 0 Å². The summed E-state index contributed by atoms with van der Waals surface area (Å²) in [6, 6.07) is 0. The lowest BCUT2D eigenvalue weighted by molar-refractivity contribution is 0.0173. The summed E-state index contributed by atoms with van der Waals surface area (Å²) in [5.41, 5.74) is -0.463. The van der Waals surface area contributed by atoms with Crippen molar-refractivity contribution in [2.75, 3.05) is 0 Å². The standard InChI is InChI=1S/C13H26O/c1-5-6-7-11-9-12(8-10(11)2)13(3,4)14/h10-12,14H,5-9H2,1-4H3. The SMILES string of the molecule is CCCCC1CC(C(C)(C)O)CC1C. The van der Waals surface area contributed by atoms with E-state index in [1.54, 1.807) is 0 Å². The smallest absolute Gasteiger partial charge is 0.0620 e. The molecular formula is C13H26O. The van der Waals surface area contributed by atoms with Gasteiger partial charge in [-0.2, -0.15) is 0 Å². The molecule has 0 aliphatic heterocycles. The first-order valence-electron chi connectivity index (χ1n) is 6.17. The average Bonchev–Trinajstić information content (AvgIpc) is 2.43. The first-order chi connectivity index (χ1) is 6.45. The third-order valence-electron chi connectivity index (χ3n) is 3.98. The van der Waals surface area contributed by atoms with Crippen molar-refractivity contribution in [3.63, 3.8) is 0 Å². The van der Waals surface area contributed by atoms with Crippen LogP contribution in [0.15, 0.2) is 0 Å². The number of hydrogen-bond donors (Lipinski definition) is 1. The fourth-order valence-corrected chi connectivity index (χ4v) is 2.78. The van der Waals surface area contributed by atoms with Gasteiger partial charge in [-0.25, -0.2) is 0 Å². The maximum absolute atomic E-state index is 9.98. The Kier molecular flexibility index (Phi) is 4.00. The van der Waals surface area contributed by atoms with Crippen molar-refractivity contribution in [3.05, 3.63) is 0 Å². The fraction of sp³-hybridized carbons (Fsp3) is 1.00. The highest BCUT2D eigenvalue weighted by Crippen LogP contribution is 2.43. The van der Waals surface area contributed by atoms with E-state index in [9.17, 15) is 5.11 Å².